The summed E-state index contributed by atoms with van der Waals surface area (Å²) < 4.78 is 12.9. The topological polar surface area (TPSA) is 66.9 Å². The van der Waals surface area contributed by atoms with Crippen molar-refractivity contribution in [3.8, 4) is 0 Å². The maximum atomic E-state index is 12.9. The van der Waals surface area contributed by atoms with Gasteiger partial charge in [-0.3, -0.25) is 4.79 Å². The molecule has 5 nitrogen and oxygen atoms in total. The Balaban J connectivity index is 1.60. The van der Waals surface area contributed by atoms with Gasteiger partial charge in [0.25, 0.3) is 5.91 Å². The molecule has 0 aliphatic rings. The molecule has 21 heavy (non-hydrogen) atoms. The van der Waals surface area contributed by atoms with E-state index in [2.05, 4.69) is 20.6 Å². The zero-order valence-electron chi connectivity index (χ0n) is 11.6. The van der Waals surface area contributed by atoms with Crippen LogP contribution in [-0.2, 0) is 0 Å². The largest absolute Gasteiger partial charge is 0.370 e. The van der Waals surface area contributed by atoms with Crippen molar-refractivity contribution in [2.75, 3.05) is 18.4 Å². The van der Waals surface area contributed by atoms with Gasteiger partial charge in [0.2, 0.25) is 5.95 Å². The lowest BCUT2D eigenvalue weighted by Gasteiger charge is -2.06. The molecule has 110 valence electrons. The van der Waals surface area contributed by atoms with Gasteiger partial charge in [-0.1, -0.05) is 6.07 Å². The third-order valence-corrected chi connectivity index (χ3v) is 2.85. The molecule has 0 spiro atoms. The van der Waals surface area contributed by atoms with E-state index in [1.165, 1.54) is 12.3 Å². The van der Waals surface area contributed by atoms with Gasteiger partial charge >= 0.3 is 0 Å². The highest BCUT2D eigenvalue weighted by atomic mass is 19.1. The van der Waals surface area contributed by atoms with E-state index in [0.29, 0.717) is 6.54 Å². The number of anilines is 1. The minimum absolute atomic E-state index is 0.283. The van der Waals surface area contributed by atoms with Crippen molar-refractivity contribution in [3.63, 3.8) is 0 Å². The van der Waals surface area contributed by atoms with E-state index in [0.717, 1.165) is 31.3 Å². The molecule has 1 amide bonds. The second-order valence-electron chi connectivity index (χ2n) is 4.47. The molecule has 0 aliphatic heterocycles. The second-order valence-corrected chi connectivity index (χ2v) is 4.47. The fraction of sp³-hybridized carbons (Fsp3) is 0.267. The summed E-state index contributed by atoms with van der Waals surface area (Å²) in [5.41, 5.74) is 0.286. The number of pyridine rings is 2. The molecule has 2 aromatic heterocycles. The Kier molecular flexibility index (Phi) is 5.63. The Morgan fingerprint density at radius 1 is 1.10 bits per heavy atom. The van der Waals surface area contributed by atoms with Crippen LogP contribution in [0.25, 0.3) is 0 Å². The number of rotatable bonds is 7. The van der Waals surface area contributed by atoms with Gasteiger partial charge in [-0.05, 0) is 31.0 Å². The summed E-state index contributed by atoms with van der Waals surface area (Å²) in [6.45, 7) is 1.34. The van der Waals surface area contributed by atoms with Gasteiger partial charge < -0.3 is 10.6 Å². The van der Waals surface area contributed by atoms with Gasteiger partial charge in [0.05, 0.1) is 0 Å². The van der Waals surface area contributed by atoms with Gasteiger partial charge in [-0.2, -0.15) is 4.39 Å². The summed E-state index contributed by atoms with van der Waals surface area (Å²) in [6, 6.07) is 8.30. The maximum Gasteiger partial charge on any atom is 0.251 e. The molecule has 0 bridgehead atoms. The number of unbranched alkanes of at least 4 members (excludes halogenated alkanes) is 1. The first-order valence-electron chi connectivity index (χ1n) is 6.80. The molecule has 2 aromatic rings. The molecular weight excluding hydrogens is 271 g/mol. The lowest BCUT2D eigenvalue weighted by atomic mass is 10.2. The fourth-order valence-electron chi connectivity index (χ4n) is 1.78. The number of nitrogens with one attached hydrogen (secondary N) is 2. The zero-order valence-corrected chi connectivity index (χ0v) is 11.6. The number of halogens is 1. The van der Waals surface area contributed by atoms with Gasteiger partial charge in [0.1, 0.15) is 5.82 Å². The average molecular weight is 288 g/mol. The van der Waals surface area contributed by atoms with Crippen molar-refractivity contribution >= 4 is 11.7 Å². The molecule has 6 heteroatoms. The summed E-state index contributed by atoms with van der Waals surface area (Å²) in [5, 5.41) is 5.94. The molecule has 0 unspecified atom stereocenters. The molecule has 0 radical (unpaired) electrons. The third-order valence-electron chi connectivity index (χ3n) is 2.85. The van der Waals surface area contributed by atoms with Crippen molar-refractivity contribution in [1.82, 2.24) is 15.3 Å². The Morgan fingerprint density at radius 3 is 2.71 bits per heavy atom. The maximum absolute atomic E-state index is 12.9. The molecule has 0 aliphatic carbocycles. The van der Waals surface area contributed by atoms with Crippen molar-refractivity contribution in [2.45, 2.75) is 12.8 Å². The van der Waals surface area contributed by atoms with E-state index in [1.54, 1.807) is 6.20 Å². The standard InChI is InChI=1S/C15H17FN4O/c16-13-11-12(6-10-17-13)15(21)20-9-4-3-8-19-14-5-1-2-7-18-14/h1-2,5-7,10-11H,3-4,8-9H2,(H,18,19)(H,20,21). The van der Waals surface area contributed by atoms with Crippen molar-refractivity contribution < 1.29 is 9.18 Å². The summed E-state index contributed by atoms with van der Waals surface area (Å²) in [6.07, 6.45) is 4.75. The number of hydrogen-bond donors (Lipinski definition) is 2. The molecule has 2 N–H and O–H groups in total. The first-order chi connectivity index (χ1) is 10.3. The van der Waals surface area contributed by atoms with Crippen LogP contribution in [0.1, 0.15) is 23.2 Å². The number of aromatic nitrogens is 2. The summed E-state index contributed by atoms with van der Waals surface area (Å²) in [7, 11) is 0. The molecule has 2 heterocycles. The highest BCUT2D eigenvalue weighted by Gasteiger charge is 2.05. The number of hydrogen-bond acceptors (Lipinski definition) is 4. The SMILES string of the molecule is O=C(NCCCCNc1ccccn1)c1ccnc(F)c1. The second kappa shape index (κ2) is 7.94. The van der Waals surface area contributed by atoms with Crippen LogP contribution in [0.3, 0.4) is 0 Å². The van der Waals surface area contributed by atoms with E-state index in [-0.39, 0.29) is 11.5 Å². The summed E-state index contributed by atoms with van der Waals surface area (Å²) in [5.74, 6) is -0.0926. The van der Waals surface area contributed by atoms with Crippen molar-refractivity contribution in [2.24, 2.45) is 0 Å². The van der Waals surface area contributed by atoms with Gasteiger partial charge in [0, 0.05) is 37.1 Å². The number of carbonyl (C=O) groups excluding carboxylic acids is 1. The first-order valence-corrected chi connectivity index (χ1v) is 6.80. The van der Waals surface area contributed by atoms with E-state index >= 15 is 0 Å². The molecule has 0 saturated heterocycles. The monoisotopic (exact) mass is 288 g/mol. The smallest absolute Gasteiger partial charge is 0.251 e. The van der Waals surface area contributed by atoms with Crippen LogP contribution in [0.15, 0.2) is 42.7 Å². The number of carbonyl (C=O) groups is 1. The predicted molar refractivity (Wildman–Crippen MR) is 78.5 cm³/mol. The lowest BCUT2D eigenvalue weighted by Crippen LogP contribution is -2.25. The minimum Gasteiger partial charge on any atom is -0.370 e. The Labute approximate surface area is 122 Å². The minimum atomic E-state index is -0.651. The quantitative estimate of drug-likeness (QED) is 0.605. The molecule has 0 fully saturated rings. The Hall–Kier alpha value is -2.50. The molecule has 0 aromatic carbocycles. The Bertz CT molecular complexity index is 577. The van der Waals surface area contributed by atoms with E-state index < -0.39 is 5.95 Å². The van der Waals surface area contributed by atoms with Crippen LogP contribution in [0, 0.1) is 5.95 Å². The van der Waals surface area contributed by atoms with E-state index in [9.17, 15) is 9.18 Å². The van der Waals surface area contributed by atoms with Crippen LogP contribution in [0.5, 0.6) is 0 Å². The highest BCUT2D eigenvalue weighted by Crippen LogP contribution is 2.01. The summed E-state index contributed by atoms with van der Waals surface area (Å²) in [4.78, 5) is 19.3. The summed E-state index contributed by atoms with van der Waals surface area (Å²) >= 11 is 0. The van der Waals surface area contributed by atoms with Gasteiger partial charge in [-0.15, -0.1) is 0 Å². The fourth-order valence-corrected chi connectivity index (χ4v) is 1.78. The molecular formula is C15H17FN4O. The predicted octanol–water partition coefficient (Wildman–Crippen LogP) is 2.24. The Morgan fingerprint density at radius 2 is 1.95 bits per heavy atom. The third kappa shape index (κ3) is 5.18. The van der Waals surface area contributed by atoms with Gasteiger partial charge in [0.15, 0.2) is 0 Å². The molecule has 2 rings (SSSR count). The highest BCUT2D eigenvalue weighted by molar-refractivity contribution is 5.93. The zero-order chi connectivity index (χ0) is 14.9. The van der Waals surface area contributed by atoms with Crippen LogP contribution in [0.2, 0.25) is 0 Å². The number of amides is 1. The van der Waals surface area contributed by atoms with E-state index in [4.69, 9.17) is 0 Å². The molecule has 0 saturated carbocycles. The van der Waals surface area contributed by atoms with Crippen LogP contribution >= 0.6 is 0 Å². The average Bonchev–Trinajstić information content (AvgIpc) is 2.51. The van der Waals surface area contributed by atoms with Gasteiger partial charge in [-0.25, -0.2) is 9.97 Å². The van der Waals surface area contributed by atoms with Crippen LogP contribution in [-0.4, -0.2) is 29.0 Å². The first kappa shape index (κ1) is 14.9. The van der Waals surface area contributed by atoms with Crippen LogP contribution in [0.4, 0.5) is 10.2 Å². The number of nitrogens with zero attached hydrogens (tertiary/aromatic N) is 2. The van der Waals surface area contributed by atoms with Crippen molar-refractivity contribution in [1.29, 1.82) is 0 Å². The van der Waals surface area contributed by atoms with Crippen molar-refractivity contribution in [3.05, 3.63) is 54.2 Å². The van der Waals surface area contributed by atoms with E-state index in [1.807, 2.05) is 18.2 Å². The van der Waals surface area contributed by atoms with Crippen LogP contribution < -0.4 is 10.6 Å². The normalized spacial score (nSPS) is 10.1. The lowest BCUT2D eigenvalue weighted by molar-refractivity contribution is 0.0952. The molecule has 0 atom stereocenters.